The van der Waals surface area contributed by atoms with Crippen LogP contribution in [0.4, 0.5) is 4.39 Å². The summed E-state index contributed by atoms with van der Waals surface area (Å²) in [6, 6.07) is 10.4. The number of benzene rings is 2. The fraction of sp³-hybridized carbons (Fsp3) is 0.200. The van der Waals surface area contributed by atoms with Gasteiger partial charge in [-0.05, 0) is 49.9 Å². The molecule has 2 rings (SSSR count). The first kappa shape index (κ1) is 14.0. The first-order valence-corrected chi connectivity index (χ1v) is 6.76. The van der Waals surface area contributed by atoms with Gasteiger partial charge in [-0.2, -0.15) is 0 Å². The zero-order valence-electron chi connectivity index (χ0n) is 10.8. The molecule has 0 unspecified atom stereocenters. The molecule has 0 radical (unpaired) electrons. The Morgan fingerprint density at radius 2 is 1.95 bits per heavy atom. The summed E-state index contributed by atoms with van der Waals surface area (Å²) in [5.74, 6) is 1.17. The molecule has 0 saturated heterocycles. The van der Waals surface area contributed by atoms with Gasteiger partial charge in [0.1, 0.15) is 17.3 Å². The van der Waals surface area contributed by atoms with E-state index in [-0.39, 0.29) is 5.82 Å². The van der Waals surface area contributed by atoms with Crippen molar-refractivity contribution in [1.82, 2.24) is 5.32 Å². The van der Waals surface area contributed by atoms with E-state index < -0.39 is 0 Å². The lowest BCUT2D eigenvalue weighted by Crippen LogP contribution is -2.06. The van der Waals surface area contributed by atoms with Crippen molar-refractivity contribution in [3.05, 3.63) is 57.8 Å². The summed E-state index contributed by atoms with van der Waals surface area (Å²) < 4.78 is 19.9. The van der Waals surface area contributed by atoms with E-state index in [1.165, 1.54) is 12.1 Å². The number of rotatable bonds is 4. The van der Waals surface area contributed by atoms with Crippen LogP contribution in [0.2, 0.25) is 0 Å². The van der Waals surface area contributed by atoms with Gasteiger partial charge in [-0.15, -0.1) is 0 Å². The van der Waals surface area contributed by atoms with Gasteiger partial charge in [-0.1, -0.05) is 22.0 Å². The van der Waals surface area contributed by atoms with Gasteiger partial charge in [0.15, 0.2) is 0 Å². The molecule has 19 heavy (non-hydrogen) atoms. The average Bonchev–Trinajstić information content (AvgIpc) is 2.36. The summed E-state index contributed by atoms with van der Waals surface area (Å²) in [5.41, 5.74) is 1.82. The number of ether oxygens (including phenoxy) is 1. The van der Waals surface area contributed by atoms with Gasteiger partial charge in [-0.3, -0.25) is 0 Å². The maximum atomic E-state index is 13.1. The summed E-state index contributed by atoms with van der Waals surface area (Å²) in [5, 5.41) is 3.10. The number of nitrogens with one attached hydrogen (secondary N) is 1. The summed E-state index contributed by atoms with van der Waals surface area (Å²) in [6.07, 6.45) is 0. The average molecular weight is 324 g/mol. The van der Waals surface area contributed by atoms with E-state index >= 15 is 0 Å². The standard InChI is InChI=1S/C15H15BrFNO/c1-10-7-13(17)5-6-14(10)19-15-8-12(16)4-3-11(15)9-18-2/h3-8,18H,9H2,1-2H3. The van der Waals surface area contributed by atoms with Crippen LogP contribution in [0.25, 0.3) is 0 Å². The maximum Gasteiger partial charge on any atom is 0.133 e. The van der Waals surface area contributed by atoms with E-state index in [4.69, 9.17) is 4.74 Å². The Bertz CT molecular complexity index is 586. The lowest BCUT2D eigenvalue weighted by atomic mass is 10.2. The molecule has 2 nitrogen and oxygen atoms in total. The van der Waals surface area contributed by atoms with Crippen molar-refractivity contribution in [2.75, 3.05) is 7.05 Å². The number of aryl methyl sites for hydroxylation is 1. The van der Waals surface area contributed by atoms with E-state index in [1.807, 2.05) is 32.2 Å². The van der Waals surface area contributed by atoms with Crippen LogP contribution >= 0.6 is 15.9 Å². The van der Waals surface area contributed by atoms with Crippen LogP contribution in [0.1, 0.15) is 11.1 Å². The third-order valence-corrected chi connectivity index (χ3v) is 3.25. The van der Waals surface area contributed by atoms with Crippen molar-refractivity contribution in [3.63, 3.8) is 0 Å². The molecule has 100 valence electrons. The summed E-state index contributed by atoms with van der Waals surface area (Å²) in [7, 11) is 1.88. The highest BCUT2D eigenvalue weighted by molar-refractivity contribution is 9.10. The van der Waals surface area contributed by atoms with Gasteiger partial charge in [0.25, 0.3) is 0 Å². The van der Waals surface area contributed by atoms with E-state index in [1.54, 1.807) is 6.07 Å². The van der Waals surface area contributed by atoms with Crippen LogP contribution in [0, 0.1) is 12.7 Å². The molecule has 0 aromatic heterocycles. The second-order valence-electron chi connectivity index (χ2n) is 4.29. The highest BCUT2D eigenvalue weighted by atomic mass is 79.9. The quantitative estimate of drug-likeness (QED) is 0.899. The minimum absolute atomic E-state index is 0.255. The molecule has 0 aliphatic carbocycles. The van der Waals surface area contributed by atoms with Crippen LogP contribution in [0.3, 0.4) is 0 Å². The Hall–Kier alpha value is -1.39. The molecular weight excluding hydrogens is 309 g/mol. The van der Waals surface area contributed by atoms with E-state index in [0.29, 0.717) is 12.3 Å². The molecule has 0 saturated carbocycles. The number of hydrogen-bond donors (Lipinski definition) is 1. The Balaban J connectivity index is 2.33. The minimum atomic E-state index is -0.255. The predicted molar refractivity (Wildman–Crippen MR) is 78.1 cm³/mol. The number of halogens is 2. The van der Waals surface area contributed by atoms with Crippen LogP contribution < -0.4 is 10.1 Å². The minimum Gasteiger partial charge on any atom is -0.457 e. The number of hydrogen-bond acceptors (Lipinski definition) is 2. The Labute approximate surface area is 120 Å². The van der Waals surface area contributed by atoms with Crippen molar-refractivity contribution < 1.29 is 9.13 Å². The third kappa shape index (κ3) is 3.55. The molecule has 0 amide bonds. The predicted octanol–water partition coefficient (Wildman–Crippen LogP) is 4.41. The van der Waals surface area contributed by atoms with Gasteiger partial charge >= 0.3 is 0 Å². The Morgan fingerprint density at radius 3 is 2.63 bits per heavy atom. The fourth-order valence-electron chi connectivity index (χ4n) is 1.81. The van der Waals surface area contributed by atoms with Crippen molar-refractivity contribution in [2.45, 2.75) is 13.5 Å². The van der Waals surface area contributed by atoms with Gasteiger partial charge in [0, 0.05) is 16.6 Å². The van der Waals surface area contributed by atoms with E-state index in [0.717, 1.165) is 21.3 Å². The first-order chi connectivity index (χ1) is 9.10. The molecule has 0 aliphatic rings. The molecule has 2 aromatic carbocycles. The highest BCUT2D eigenvalue weighted by Gasteiger charge is 2.08. The van der Waals surface area contributed by atoms with Crippen LogP contribution in [-0.2, 0) is 6.54 Å². The molecule has 4 heteroatoms. The molecule has 1 N–H and O–H groups in total. The maximum absolute atomic E-state index is 13.1. The molecule has 0 bridgehead atoms. The smallest absolute Gasteiger partial charge is 0.133 e. The second-order valence-corrected chi connectivity index (χ2v) is 5.21. The monoisotopic (exact) mass is 323 g/mol. The summed E-state index contributed by atoms with van der Waals surface area (Å²) in [4.78, 5) is 0. The van der Waals surface area contributed by atoms with Crippen LogP contribution in [0.5, 0.6) is 11.5 Å². The molecule has 0 heterocycles. The topological polar surface area (TPSA) is 21.3 Å². The lowest BCUT2D eigenvalue weighted by molar-refractivity contribution is 0.468. The Morgan fingerprint density at radius 1 is 1.16 bits per heavy atom. The van der Waals surface area contributed by atoms with Gasteiger partial charge in [-0.25, -0.2) is 4.39 Å². The molecular formula is C15H15BrFNO. The van der Waals surface area contributed by atoms with Crippen LogP contribution in [-0.4, -0.2) is 7.05 Å². The zero-order chi connectivity index (χ0) is 13.8. The summed E-state index contributed by atoms with van der Waals surface area (Å²) in [6.45, 7) is 2.54. The van der Waals surface area contributed by atoms with Crippen LogP contribution in [0.15, 0.2) is 40.9 Å². The Kier molecular flexibility index (Phi) is 4.56. The first-order valence-electron chi connectivity index (χ1n) is 5.97. The lowest BCUT2D eigenvalue weighted by Gasteiger charge is -2.13. The molecule has 2 aromatic rings. The van der Waals surface area contributed by atoms with E-state index in [9.17, 15) is 4.39 Å². The molecule has 0 atom stereocenters. The second kappa shape index (κ2) is 6.17. The molecule has 0 fully saturated rings. The SMILES string of the molecule is CNCc1ccc(Br)cc1Oc1ccc(F)cc1C. The van der Waals surface area contributed by atoms with Crippen molar-refractivity contribution in [1.29, 1.82) is 0 Å². The van der Waals surface area contributed by atoms with E-state index in [2.05, 4.69) is 21.2 Å². The third-order valence-electron chi connectivity index (χ3n) is 2.75. The van der Waals surface area contributed by atoms with Gasteiger partial charge in [0.2, 0.25) is 0 Å². The van der Waals surface area contributed by atoms with Crippen molar-refractivity contribution in [3.8, 4) is 11.5 Å². The van der Waals surface area contributed by atoms with Gasteiger partial charge < -0.3 is 10.1 Å². The van der Waals surface area contributed by atoms with Crippen molar-refractivity contribution >= 4 is 15.9 Å². The van der Waals surface area contributed by atoms with Crippen molar-refractivity contribution in [2.24, 2.45) is 0 Å². The zero-order valence-corrected chi connectivity index (χ0v) is 12.4. The fourth-order valence-corrected chi connectivity index (χ4v) is 2.15. The normalized spacial score (nSPS) is 10.5. The largest absolute Gasteiger partial charge is 0.457 e. The highest BCUT2D eigenvalue weighted by Crippen LogP contribution is 2.30. The molecule has 0 spiro atoms. The summed E-state index contributed by atoms with van der Waals surface area (Å²) >= 11 is 3.43. The van der Waals surface area contributed by atoms with Gasteiger partial charge in [0.05, 0.1) is 0 Å². The molecule has 0 aliphatic heterocycles.